The van der Waals surface area contributed by atoms with E-state index in [4.69, 9.17) is 16.3 Å². The van der Waals surface area contributed by atoms with E-state index in [1.54, 1.807) is 7.11 Å². The van der Waals surface area contributed by atoms with Crippen LogP contribution in [0.15, 0.2) is 29.4 Å². The average molecular weight is 462 g/mol. The van der Waals surface area contributed by atoms with Crippen LogP contribution in [0.25, 0.3) is 11.4 Å². The Morgan fingerprint density at radius 1 is 1.35 bits per heavy atom. The molecule has 1 N–H and O–H groups in total. The fourth-order valence-electron chi connectivity index (χ4n) is 3.76. The molecular weight excluding hydrogens is 434 g/mol. The summed E-state index contributed by atoms with van der Waals surface area (Å²) in [5, 5.41) is 22.2. The van der Waals surface area contributed by atoms with E-state index in [0.717, 1.165) is 31.2 Å². The van der Waals surface area contributed by atoms with Crippen LogP contribution in [-0.4, -0.2) is 45.2 Å². The summed E-state index contributed by atoms with van der Waals surface area (Å²) in [6.45, 7) is 3.07. The van der Waals surface area contributed by atoms with Crippen LogP contribution in [0.3, 0.4) is 0 Å². The van der Waals surface area contributed by atoms with Gasteiger partial charge >= 0.3 is 0 Å². The number of benzene rings is 1. The third kappa shape index (κ3) is 5.79. The van der Waals surface area contributed by atoms with Gasteiger partial charge in [-0.05, 0) is 38.3 Å². The topological polar surface area (TPSA) is 92.8 Å². The van der Waals surface area contributed by atoms with Crippen molar-refractivity contribution in [2.24, 2.45) is 0 Å². The molecule has 0 spiro atoms. The number of aromatic nitrogens is 3. The second-order valence-corrected chi connectivity index (χ2v) is 9.50. The maximum atomic E-state index is 12.9. The minimum atomic E-state index is -0.751. The number of halogens is 1. The first-order valence-electron chi connectivity index (χ1n) is 10.6. The van der Waals surface area contributed by atoms with E-state index in [0.29, 0.717) is 42.0 Å². The Hall–Kier alpha value is -2.08. The molecule has 1 fully saturated rings. The zero-order valence-corrected chi connectivity index (χ0v) is 19.5. The van der Waals surface area contributed by atoms with Crippen molar-refractivity contribution in [1.29, 1.82) is 5.26 Å². The largest absolute Gasteiger partial charge is 0.385 e. The molecule has 1 heterocycles. The first-order chi connectivity index (χ1) is 15.0. The van der Waals surface area contributed by atoms with Gasteiger partial charge in [-0.2, -0.15) is 5.26 Å². The molecule has 7 nitrogen and oxygen atoms in total. The zero-order valence-electron chi connectivity index (χ0n) is 17.9. The van der Waals surface area contributed by atoms with Crippen molar-refractivity contribution >= 4 is 29.3 Å². The number of nitriles is 1. The lowest BCUT2D eigenvalue weighted by atomic mass is 9.83. The summed E-state index contributed by atoms with van der Waals surface area (Å²) in [5.41, 5.74) is 0.0441. The van der Waals surface area contributed by atoms with Crippen molar-refractivity contribution in [3.8, 4) is 17.5 Å². The highest BCUT2D eigenvalue weighted by atomic mass is 35.5. The molecule has 1 unspecified atom stereocenters. The van der Waals surface area contributed by atoms with Crippen molar-refractivity contribution in [3.05, 3.63) is 29.3 Å². The lowest BCUT2D eigenvalue weighted by molar-refractivity contribution is -0.121. The number of rotatable bonds is 9. The van der Waals surface area contributed by atoms with Gasteiger partial charge in [0.15, 0.2) is 11.0 Å². The molecule has 1 aromatic heterocycles. The first kappa shape index (κ1) is 23.6. The highest BCUT2D eigenvalue weighted by Gasteiger charge is 2.35. The predicted molar refractivity (Wildman–Crippen MR) is 122 cm³/mol. The van der Waals surface area contributed by atoms with E-state index in [9.17, 15) is 10.1 Å². The van der Waals surface area contributed by atoms with Crippen LogP contribution >= 0.6 is 23.4 Å². The number of hydrogen-bond donors (Lipinski definition) is 1. The Kier molecular flexibility index (Phi) is 8.35. The molecule has 1 amide bonds. The minimum Gasteiger partial charge on any atom is -0.385 e. The Bertz CT molecular complexity index is 936. The number of amides is 1. The molecule has 1 saturated carbocycles. The Labute approximate surface area is 192 Å². The van der Waals surface area contributed by atoms with Crippen molar-refractivity contribution in [1.82, 2.24) is 20.1 Å². The van der Waals surface area contributed by atoms with Crippen LogP contribution in [0, 0.1) is 11.3 Å². The Balaban J connectivity index is 1.79. The second-order valence-electron chi connectivity index (χ2n) is 7.79. The summed E-state index contributed by atoms with van der Waals surface area (Å²) >= 11 is 7.73. The lowest BCUT2D eigenvalue weighted by Crippen LogP contribution is -2.51. The minimum absolute atomic E-state index is 0.154. The summed E-state index contributed by atoms with van der Waals surface area (Å²) in [6.07, 6.45) is 5.22. The molecule has 9 heteroatoms. The van der Waals surface area contributed by atoms with Gasteiger partial charge in [0.2, 0.25) is 5.91 Å². The standard InChI is InChI=1S/C22H28ClN5O2S/c1-16(20(29)25-22(15-24)11-6-3-7-12-22)31-21-27-26-19(28(21)13-8-14-30-2)17-9-4-5-10-18(17)23/h4-5,9-10,16H,3,6-8,11-14H2,1-2H3,(H,25,29). The number of hydrogen-bond acceptors (Lipinski definition) is 6. The van der Waals surface area contributed by atoms with Gasteiger partial charge in [0.25, 0.3) is 0 Å². The number of nitrogens with zero attached hydrogens (tertiary/aromatic N) is 4. The van der Waals surface area contributed by atoms with Gasteiger partial charge in [-0.3, -0.25) is 4.79 Å². The van der Waals surface area contributed by atoms with Crippen LogP contribution in [0.4, 0.5) is 0 Å². The molecule has 0 bridgehead atoms. The van der Waals surface area contributed by atoms with Crippen LogP contribution in [-0.2, 0) is 16.1 Å². The van der Waals surface area contributed by atoms with Crippen LogP contribution < -0.4 is 5.32 Å². The molecule has 0 radical (unpaired) electrons. The fourth-order valence-corrected chi connectivity index (χ4v) is 4.85. The zero-order chi connectivity index (χ0) is 22.3. The molecule has 1 aliphatic rings. The van der Waals surface area contributed by atoms with E-state index >= 15 is 0 Å². The summed E-state index contributed by atoms with van der Waals surface area (Å²) in [5.74, 6) is 0.511. The fraction of sp³-hybridized carbons (Fsp3) is 0.545. The predicted octanol–water partition coefficient (Wildman–Crippen LogP) is 4.46. The molecule has 1 aromatic carbocycles. The third-order valence-corrected chi connectivity index (χ3v) is 6.91. The van der Waals surface area contributed by atoms with Crippen LogP contribution in [0.5, 0.6) is 0 Å². The van der Waals surface area contributed by atoms with Crippen molar-refractivity contribution in [3.63, 3.8) is 0 Å². The molecule has 1 aliphatic carbocycles. The molecule has 31 heavy (non-hydrogen) atoms. The maximum absolute atomic E-state index is 12.9. The molecule has 3 rings (SSSR count). The quantitative estimate of drug-likeness (QED) is 0.437. The summed E-state index contributed by atoms with van der Waals surface area (Å²) in [6, 6.07) is 9.84. The monoisotopic (exact) mass is 461 g/mol. The summed E-state index contributed by atoms with van der Waals surface area (Å²) in [4.78, 5) is 12.9. The van der Waals surface area contributed by atoms with Gasteiger partial charge in [0.05, 0.1) is 16.3 Å². The normalized spacial score (nSPS) is 16.5. The lowest BCUT2D eigenvalue weighted by Gasteiger charge is -2.32. The Morgan fingerprint density at radius 2 is 2.10 bits per heavy atom. The van der Waals surface area contributed by atoms with E-state index in [2.05, 4.69) is 21.6 Å². The van der Waals surface area contributed by atoms with E-state index in [1.807, 2.05) is 35.8 Å². The molecule has 0 aliphatic heterocycles. The van der Waals surface area contributed by atoms with Gasteiger partial charge in [0.1, 0.15) is 5.54 Å². The van der Waals surface area contributed by atoms with E-state index < -0.39 is 10.8 Å². The highest BCUT2D eigenvalue weighted by molar-refractivity contribution is 8.00. The molecule has 1 atom stereocenters. The van der Waals surface area contributed by atoms with E-state index in [-0.39, 0.29) is 5.91 Å². The number of carbonyl (C=O) groups excluding carboxylic acids is 1. The van der Waals surface area contributed by atoms with Crippen molar-refractivity contribution in [2.75, 3.05) is 13.7 Å². The maximum Gasteiger partial charge on any atom is 0.234 e. The first-order valence-corrected chi connectivity index (χ1v) is 11.8. The van der Waals surface area contributed by atoms with Crippen LogP contribution in [0.2, 0.25) is 5.02 Å². The number of thioether (sulfide) groups is 1. The average Bonchev–Trinajstić information content (AvgIpc) is 3.17. The van der Waals surface area contributed by atoms with Gasteiger partial charge in [-0.1, -0.05) is 54.8 Å². The SMILES string of the molecule is COCCCn1c(SC(C)C(=O)NC2(C#N)CCCCC2)nnc1-c1ccccc1Cl. The second kappa shape index (κ2) is 11.0. The number of carbonyl (C=O) groups is 1. The van der Waals surface area contributed by atoms with Gasteiger partial charge < -0.3 is 14.6 Å². The van der Waals surface area contributed by atoms with E-state index in [1.165, 1.54) is 11.8 Å². The van der Waals surface area contributed by atoms with Crippen molar-refractivity contribution in [2.45, 2.75) is 67.9 Å². The molecule has 2 aromatic rings. The molecule has 0 saturated heterocycles. The third-order valence-electron chi connectivity index (χ3n) is 5.50. The van der Waals surface area contributed by atoms with Gasteiger partial charge in [0, 0.05) is 25.8 Å². The number of methoxy groups -OCH3 is 1. The Morgan fingerprint density at radius 3 is 2.77 bits per heavy atom. The highest BCUT2D eigenvalue weighted by Crippen LogP contribution is 2.32. The smallest absolute Gasteiger partial charge is 0.234 e. The number of ether oxygens (including phenoxy) is 1. The molecule has 166 valence electrons. The van der Waals surface area contributed by atoms with Gasteiger partial charge in [-0.15, -0.1) is 10.2 Å². The van der Waals surface area contributed by atoms with Gasteiger partial charge in [-0.25, -0.2) is 0 Å². The summed E-state index contributed by atoms with van der Waals surface area (Å²) in [7, 11) is 1.67. The van der Waals surface area contributed by atoms with Crippen molar-refractivity contribution < 1.29 is 9.53 Å². The van der Waals surface area contributed by atoms with Crippen LogP contribution in [0.1, 0.15) is 45.4 Å². The number of nitrogens with one attached hydrogen (secondary N) is 1. The molecular formula is C22H28ClN5O2S. The summed E-state index contributed by atoms with van der Waals surface area (Å²) < 4.78 is 7.18.